The standard InChI is InChI=1S/C33H38Cl2N4O5S/c1-18-19-5-6-20(18)16-21(15-19)38-10-12-39(13-11-38)27(40)17-25-30(33(43)44)31(28-22(34)3-2-4-23(28)35)29(32(41)42)24(37-25)7-8-26-36-9-14-45-26/h2-4,9,14,18-21,31,37H,5-8,10-13,15-17H2,1H3,(H,41,42)(H,43,44). The number of aromatic nitrogens is 1. The summed E-state index contributed by atoms with van der Waals surface area (Å²) in [6.45, 7) is 5.13. The van der Waals surface area contributed by atoms with Crippen molar-refractivity contribution in [2.75, 3.05) is 26.2 Å². The summed E-state index contributed by atoms with van der Waals surface area (Å²) in [7, 11) is 0. The van der Waals surface area contributed by atoms with E-state index < -0.39 is 17.9 Å². The van der Waals surface area contributed by atoms with Crippen molar-refractivity contribution in [3.8, 4) is 0 Å². The lowest BCUT2D eigenvalue weighted by Crippen LogP contribution is -2.53. The van der Waals surface area contributed by atoms with E-state index in [0.717, 1.165) is 35.9 Å². The van der Waals surface area contributed by atoms with Crippen LogP contribution in [0.2, 0.25) is 10.0 Å². The molecule has 3 heterocycles. The number of nitrogens with zero attached hydrogens (tertiary/aromatic N) is 3. The Morgan fingerprint density at radius 1 is 0.956 bits per heavy atom. The average Bonchev–Trinajstić information content (AvgIpc) is 3.58. The Hall–Kier alpha value is -2.92. The van der Waals surface area contributed by atoms with Crippen LogP contribution < -0.4 is 5.32 Å². The number of thiazole rings is 1. The molecule has 3 atom stereocenters. The van der Waals surface area contributed by atoms with Crippen LogP contribution in [0.1, 0.15) is 61.9 Å². The van der Waals surface area contributed by atoms with Crippen molar-refractivity contribution >= 4 is 52.4 Å². The number of aliphatic carboxylic acids is 2. The fourth-order valence-electron chi connectivity index (χ4n) is 8.03. The van der Waals surface area contributed by atoms with Gasteiger partial charge in [-0.3, -0.25) is 9.69 Å². The van der Waals surface area contributed by atoms with Crippen LogP contribution in [0.5, 0.6) is 0 Å². The summed E-state index contributed by atoms with van der Waals surface area (Å²) in [6, 6.07) is 5.30. The SMILES string of the molecule is CC1C2CCC1CC(N1CCN(C(=O)CC3=C(C(=O)O)C(c4c(Cl)cccc4Cl)C(C(=O)O)=C(CCc4nccs4)N3)CC1)C2. The third kappa shape index (κ3) is 6.52. The van der Waals surface area contributed by atoms with Crippen molar-refractivity contribution in [1.29, 1.82) is 0 Å². The first-order valence-electron chi connectivity index (χ1n) is 15.7. The van der Waals surface area contributed by atoms with E-state index >= 15 is 0 Å². The second-order valence-corrected chi connectivity index (χ2v) is 14.5. The molecular weight excluding hydrogens is 635 g/mol. The molecule has 2 aliphatic heterocycles. The van der Waals surface area contributed by atoms with Gasteiger partial charge in [-0.1, -0.05) is 36.2 Å². The molecule has 12 heteroatoms. The zero-order valence-corrected chi connectivity index (χ0v) is 27.5. The van der Waals surface area contributed by atoms with Crippen molar-refractivity contribution < 1.29 is 24.6 Å². The molecule has 3 fully saturated rings. The van der Waals surface area contributed by atoms with Gasteiger partial charge in [0.25, 0.3) is 0 Å². The highest BCUT2D eigenvalue weighted by atomic mass is 35.5. The molecule has 6 rings (SSSR count). The summed E-state index contributed by atoms with van der Waals surface area (Å²) < 4.78 is 0. The Morgan fingerprint density at radius 2 is 1.58 bits per heavy atom. The van der Waals surface area contributed by atoms with E-state index in [9.17, 15) is 24.6 Å². The van der Waals surface area contributed by atoms with Crippen LogP contribution in [0, 0.1) is 17.8 Å². The lowest BCUT2D eigenvalue weighted by atomic mass is 9.76. The summed E-state index contributed by atoms with van der Waals surface area (Å²) in [6.07, 6.45) is 7.29. The minimum Gasteiger partial charge on any atom is -0.478 e. The van der Waals surface area contributed by atoms with Crippen molar-refractivity contribution in [3.63, 3.8) is 0 Å². The number of fused-ring (bicyclic) bond motifs is 2. The van der Waals surface area contributed by atoms with Gasteiger partial charge >= 0.3 is 11.9 Å². The molecule has 1 amide bonds. The van der Waals surface area contributed by atoms with Crippen molar-refractivity contribution in [2.24, 2.45) is 17.8 Å². The van der Waals surface area contributed by atoms with Crippen LogP contribution in [0.25, 0.3) is 0 Å². The fourth-order valence-corrected chi connectivity index (χ4v) is 9.27. The number of carboxylic acids is 2. The number of aryl methyl sites for hydroxylation is 1. The minimum absolute atomic E-state index is 0.151. The van der Waals surface area contributed by atoms with E-state index in [4.69, 9.17) is 23.2 Å². The van der Waals surface area contributed by atoms with Crippen LogP contribution >= 0.6 is 34.5 Å². The predicted molar refractivity (Wildman–Crippen MR) is 173 cm³/mol. The van der Waals surface area contributed by atoms with Crippen molar-refractivity contribution in [3.05, 3.63) is 72.9 Å². The predicted octanol–water partition coefficient (Wildman–Crippen LogP) is 5.81. The zero-order chi connectivity index (χ0) is 31.8. The van der Waals surface area contributed by atoms with Gasteiger partial charge < -0.3 is 20.4 Å². The largest absolute Gasteiger partial charge is 0.478 e. The topological polar surface area (TPSA) is 123 Å². The first kappa shape index (κ1) is 32.0. The third-order valence-electron chi connectivity index (χ3n) is 10.4. The lowest BCUT2D eigenvalue weighted by Gasteiger charge is -2.44. The number of carbonyl (C=O) groups excluding carboxylic acids is 1. The van der Waals surface area contributed by atoms with Gasteiger partial charge in [0.1, 0.15) is 0 Å². The maximum Gasteiger partial charge on any atom is 0.334 e. The molecule has 3 unspecified atom stereocenters. The summed E-state index contributed by atoms with van der Waals surface area (Å²) in [5.74, 6) is -1.68. The van der Waals surface area contributed by atoms with E-state index in [0.29, 0.717) is 31.2 Å². The molecule has 1 saturated heterocycles. The molecule has 2 bridgehead atoms. The van der Waals surface area contributed by atoms with Gasteiger partial charge in [0.05, 0.1) is 28.5 Å². The third-order valence-corrected chi connectivity index (χ3v) is 11.9. The Balaban J connectivity index is 1.26. The molecule has 3 N–H and O–H groups in total. The smallest absolute Gasteiger partial charge is 0.334 e. The molecule has 45 heavy (non-hydrogen) atoms. The summed E-state index contributed by atoms with van der Waals surface area (Å²) in [5.41, 5.74) is 0.280. The van der Waals surface area contributed by atoms with E-state index in [1.807, 2.05) is 5.38 Å². The molecule has 4 aliphatic rings. The number of nitrogens with one attached hydrogen (secondary N) is 1. The van der Waals surface area contributed by atoms with Crippen LogP contribution in [-0.2, 0) is 20.8 Å². The second-order valence-electron chi connectivity index (χ2n) is 12.7. The van der Waals surface area contributed by atoms with E-state index in [2.05, 4.69) is 22.1 Å². The van der Waals surface area contributed by atoms with Crippen molar-refractivity contribution in [2.45, 2.75) is 63.8 Å². The number of hydrogen-bond donors (Lipinski definition) is 3. The molecule has 0 radical (unpaired) electrons. The number of halogens is 2. The molecule has 2 saturated carbocycles. The maximum atomic E-state index is 13.8. The monoisotopic (exact) mass is 672 g/mol. The number of piperazine rings is 1. The number of rotatable bonds is 9. The van der Waals surface area contributed by atoms with E-state index in [1.54, 1.807) is 29.3 Å². The molecular formula is C33H38Cl2N4O5S. The van der Waals surface area contributed by atoms with Crippen LogP contribution in [0.3, 0.4) is 0 Å². The highest BCUT2D eigenvalue weighted by Crippen LogP contribution is 2.48. The first-order valence-corrected chi connectivity index (χ1v) is 17.3. The first-order chi connectivity index (χ1) is 21.6. The van der Waals surface area contributed by atoms with Crippen LogP contribution in [0.4, 0.5) is 0 Å². The highest BCUT2D eigenvalue weighted by Gasteiger charge is 2.43. The van der Waals surface area contributed by atoms with Gasteiger partial charge in [-0.2, -0.15) is 0 Å². The number of hydrogen-bond acceptors (Lipinski definition) is 7. The quantitative estimate of drug-likeness (QED) is 0.305. The van der Waals surface area contributed by atoms with Gasteiger partial charge in [-0.25, -0.2) is 14.6 Å². The zero-order valence-electron chi connectivity index (χ0n) is 25.2. The molecule has 1 aromatic carbocycles. The molecule has 2 aromatic rings. The maximum absolute atomic E-state index is 13.8. The number of dihydropyridines is 1. The molecule has 1 aromatic heterocycles. The van der Waals surface area contributed by atoms with Gasteiger partial charge in [0, 0.05) is 77.2 Å². The molecule has 2 aliphatic carbocycles. The van der Waals surface area contributed by atoms with Gasteiger partial charge in [-0.05, 0) is 62.0 Å². The summed E-state index contributed by atoms with van der Waals surface area (Å²) in [4.78, 5) is 48.1. The number of carbonyl (C=O) groups is 3. The normalized spacial score (nSPS) is 27.1. The van der Waals surface area contributed by atoms with E-state index in [1.165, 1.54) is 37.0 Å². The number of amides is 1. The second kappa shape index (κ2) is 13.4. The molecule has 0 spiro atoms. The summed E-state index contributed by atoms with van der Waals surface area (Å²) in [5, 5.41) is 27.0. The molecule has 9 nitrogen and oxygen atoms in total. The highest BCUT2D eigenvalue weighted by molar-refractivity contribution is 7.09. The number of benzene rings is 1. The Bertz CT molecular complexity index is 1500. The van der Waals surface area contributed by atoms with Crippen LogP contribution in [0.15, 0.2) is 52.3 Å². The van der Waals surface area contributed by atoms with Gasteiger partial charge in [-0.15, -0.1) is 11.3 Å². The number of carboxylic acid groups (broad SMARTS) is 2. The Morgan fingerprint density at radius 3 is 2.16 bits per heavy atom. The Kier molecular flexibility index (Phi) is 9.57. The minimum atomic E-state index is -1.34. The lowest BCUT2D eigenvalue weighted by molar-refractivity contribution is -0.133. The Labute approximate surface area is 276 Å². The van der Waals surface area contributed by atoms with Crippen molar-refractivity contribution in [1.82, 2.24) is 20.1 Å². The van der Waals surface area contributed by atoms with E-state index in [-0.39, 0.29) is 51.2 Å². The van der Waals surface area contributed by atoms with Crippen LogP contribution in [-0.4, -0.2) is 75.1 Å². The van der Waals surface area contributed by atoms with Gasteiger partial charge in [0.2, 0.25) is 5.91 Å². The average molecular weight is 674 g/mol. The summed E-state index contributed by atoms with van der Waals surface area (Å²) >= 11 is 14.6. The van der Waals surface area contributed by atoms with Gasteiger partial charge in [0.15, 0.2) is 0 Å². The number of allylic oxidation sites excluding steroid dienone is 1. The fraction of sp³-hybridized carbons (Fsp3) is 0.515. The molecule has 240 valence electrons.